The highest BCUT2D eigenvalue weighted by Gasteiger charge is 2.32. The molecule has 1 fully saturated rings. The lowest BCUT2D eigenvalue weighted by atomic mass is 10.2. The van der Waals surface area contributed by atoms with Crippen molar-refractivity contribution >= 4 is 34.7 Å². The van der Waals surface area contributed by atoms with Gasteiger partial charge in [-0.3, -0.25) is 4.79 Å². The molecule has 0 amide bonds. The Morgan fingerprint density at radius 2 is 1.74 bits per heavy atom. The first-order valence-electron chi connectivity index (χ1n) is 8.20. The van der Waals surface area contributed by atoms with Gasteiger partial charge in [0, 0.05) is 38.9 Å². The Balaban J connectivity index is 1.75. The first kappa shape index (κ1) is 19.8. The Morgan fingerprint density at radius 1 is 1.11 bits per heavy atom. The third kappa shape index (κ3) is 3.98. The zero-order valence-corrected chi connectivity index (χ0v) is 15.8. The first-order valence-corrected chi connectivity index (χ1v) is 8.96. The van der Waals surface area contributed by atoms with Gasteiger partial charge in [0.15, 0.2) is 0 Å². The van der Waals surface area contributed by atoms with Gasteiger partial charge in [-0.25, -0.2) is 9.67 Å². The molecule has 0 radical (unpaired) electrons. The maximum atomic E-state index is 12.7. The average molecular weight is 422 g/mol. The molecule has 0 N–H and O–H groups in total. The highest BCUT2D eigenvalue weighted by Crippen LogP contribution is 2.34. The van der Waals surface area contributed by atoms with Crippen molar-refractivity contribution in [1.29, 1.82) is 0 Å². The minimum Gasteiger partial charge on any atom is -0.365 e. The van der Waals surface area contributed by atoms with Crippen LogP contribution in [-0.2, 0) is 12.7 Å². The van der Waals surface area contributed by atoms with Gasteiger partial charge in [0.25, 0.3) is 5.56 Å². The topological polar surface area (TPSA) is 54.3 Å². The number of anilines is 2. The van der Waals surface area contributed by atoms with Crippen LogP contribution in [0.3, 0.4) is 0 Å². The van der Waals surface area contributed by atoms with Gasteiger partial charge in [-0.05, 0) is 13.0 Å². The van der Waals surface area contributed by atoms with Crippen molar-refractivity contribution in [2.75, 3.05) is 36.0 Å². The van der Waals surface area contributed by atoms with Crippen LogP contribution in [0.5, 0.6) is 0 Å². The smallest absolute Gasteiger partial charge is 0.365 e. The molecule has 11 heteroatoms. The minimum absolute atomic E-state index is 0.0523. The molecule has 0 aromatic carbocycles. The van der Waals surface area contributed by atoms with E-state index in [0.717, 1.165) is 12.3 Å². The Kier molecular flexibility index (Phi) is 5.53. The summed E-state index contributed by atoms with van der Waals surface area (Å²) in [6.07, 6.45) is -2.17. The quantitative estimate of drug-likeness (QED) is 0.760. The summed E-state index contributed by atoms with van der Waals surface area (Å²) < 4.78 is 39.5. The van der Waals surface area contributed by atoms with Crippen LogP contribution in [-0.4, -0.2) is 40.9 Å². The van der Waals surface area contributed by atoms with E-state index in [1.165, 1.54) is 4.68 Å². The van der Waals surface area contributed by atoms with Crippen LogP contribution >= 0.6 is 23.2 Å². The standard InChI is InChI=1S/C16H16Cl2F3N5O/c1-2-26-15(27)13(18)12(9-23-26)24-3-5-25(6-4-24)14-11(17)7-10(8-22-14)16(19,20)21/h7-9H,2-6H2,1H3. The summed E-state index contributed by atoms with van der Waals surface area (Å²) in [6, 6.07) is 0.876. The van der Waals surface area contributed by atoms with Gasteiger partial charge in [-0.2, -0.15) is 18.3 Å². The van der Waals surface area contributed by atoms with Crippen LogP contribution in [0.15, 0.2) is 23.3 Å². The van der Waals surface area contributed by atoms with E-state index in [1.54, 1.807) is 18.0 Å². The molecule has 0 aliphatic carbocycles. The van der Waals surface area contributed by atoms with E-state index in [4.69, 9.17) is 23.2 Å². The molecule has 0 spiro atoms. The second-order valence-corrected chi connectivity index (χ2v) is 6.75. The SMILES string of the molecule is CCn1ncc(N2CCN(c3ncc(C(F)(F)F)cc3Cl)CC2)c(Cl)c1=O. The van der Waals surface area contributed by atoms with Gasteiger partial charge < -0.3 is 9.80 Å². The van der Waals surface area contributed by atoms with E-state index in [1.807, 2.05) is 4.90 Å². The minimum atomic E-state index is -4.49. The summed E-state index contributed by atoms with van der Waals surface area (Å²) in [7, 11) is 0. The van der Waals surface area contributed by atoms with Crippen LogP contribution < -0.4 is 15.4 Å². The largest absolute Gasteiger partial charge is 0.417 e. The number of aryl methyl sites for hydroxylation is 1. The second kappa shape index (κ2) is 7.55. The summed E-state index contributed by atoms with van der Waals surface area (Å²) in [6.45, 7) is 4.14. The molecule has 0 bridgehead atoms. The average Bonchev–Trinajstić information content (AvgIpc) is 2.63. The van der Waals surface area contributed by atoms with Gasteiger partial charge >= 0.3 is 6.18 Å². The Bertz CT molecular complexity index is 895. The number of piperazine rings is 1. The van der Waals surface area contributed by atoms with E-state index in [9.17, 15) is 18.0 Å². The van der Waals surface area contributed by atoms with Gasteiger partial charge in [-0.1, -0.05) is 23.2 Å². The summed E-state index contributed by atoms with van der Waals surface area (Å²) in [5.41, 5.74) is -0.701. The highest BCUT2D eigenvalue weighted by molar-refractivity contribution is 6.33. The molecular weight excluding hydrogens is 406 g/mol. The summed E-state index contributed by atoms with van der Waals surface area (Å²) in [5, 5.41) is 4.13. The maximum absolute atomic E-state index is 12.7. The third-order valence-corrected chi connectivity index (χ3v) is 4.97. The van der Waals surface area contributed by atoms with Crippen molar-refractivity contribution in [3.8, 4) is 0 Å². The van der Waals surface area contributed by atoms with Crippen LogP contribution in [0.1, 0.15) is 12.5 Å². The number of halogens is 5. The molecule has 0 saturated carbocycles. The second-order valence-electron chi connectivity index (χ2n) is 5.97. The fraction of sp³-hybridized carbons (Fsp3) is 0.438. The molecule has 6 nitrogen and oxygen atoms in total. The first-order chi connectivity index (χ1) is 12.7. The normalized spacial score (nSPS) is 15.3. The Hall–Kier alpha value is -2.00. The monoisotopic (exact) mass is 421 g/mol. The highest BCUT2D eigenvalue weighted by atomic mass is 35.5. The molecular formula is C16H16Cl2F3N5O. The van der Waals surface area contributed by atoms with Crippen LogP contribution in [0.2, 0.25) is 10.0 Å². The van der Waals surface area contributed by atoms with E-state index in [2.05, 4.69) is 10.1 Å². The van der Waals surface area contributed by atoms with E-state index in [-0.39, 0.29) is 15.6 Å². The molecule has 0 atom stereocenters. The van der Waals surface area contributed by atoms with Crippen molar-refractivity contribution < 1.29 is 13.2 Å². The molecule has 146 valence electrons. The maximum Gasteiger partial charge on any atom is 0.417 e. The molecule has 2 aromatic heterocycles. The number of hydrogen-bond acceptors (Lipinski definition) is 5. The summed E-state index contributed by atoms with van der Waals surface area (Å²) >= 11 is 12.2. The Morgan fingerprint density at radius 3 is 2.30 bits per heavy atom. The predicted molar refractivity (Wildman–Crippen MR) is 97.9 cm³/mol. The number of alkyl halides is 3. The zero-order chi connectivity index (χ0) is 19.8. The number of rotatable bonds is 3. The lowest BCUT2D eigenvalue weighted by Gasteiger charge is -2.37. The molecule has 1 saturated heterocycles. The van der Waals surface area contributed by atoms with Gasteiger partial charge in [0.05, 0.1) is 22.5 Å². The Labute approximate surface area is 163 Å². The van der Waals surface area contributed by atoms with E-state index < -0.39 is 11.7 Å². The van der Waals surface area contributed by atoms with Crippen molar-refractivity contribution in [2.45, 2.75) is 19.6 Å². The fourth-order valence-corrected chi connectivity index (χ4v) is 3.43. The molecule has 1 aliphatic rings. The van der Waals surface area contributed by atoms with Crippen LogP contribution in [0.4, 0.5) is 24.7 Å². The number of nitrogens with zero attached hydrogens (tertiary/aromatic N) is 5. The molecule has 27 heavy (non-hydrogen) atoms. The number of pyridine rings is 1. The number of hydrogen-bond donors (Lipinski definition) is 0. The van der Waals surface area contributed by atoms with Crippen molar-refractivity contribution in [1.82, 2.24) is 14.8 Å². The van der Waals surface area contributed by atoms with Crippen LogP contribution in [0, 0.1) is 0 Å². The van der Waals surface area contributed by atoms with E-state index >= 15 is 0 Å². The lowest BCUT2D eigenvalue weighted by molar-refractivity contribution is -0.137. The van der Waals surface area contributed by atoms with Crippen molar-refractivity contribution in [3.05, 3.63) is 44.4 Å². The number of aromatic nitrogens is 3. The van der Waals surface area contributed by atoms with Crippen molar-refractivity contribution in [3.63, 3.8) is 0 Å². The summed E-state index contributed by atoms with van der Waals surface area (Å²) in [5.74, 6) is 0.301. The van der Waals surface area contributed by atoms with Gasteiger partial charge in [0.1, 0.15) is 10.8 Å². The predicted octanol–water partition coefficient (Wildman–Crippen LogP) is 3.31. The van der Waals surface area contributed by atoms with Crippen LogP contribution in [0.25, 0.3) is 0 Å². The van der Waals surface area contributed by atoms with Crippen molar-refractivity contribution in [2.24, 2.45) is 0 Å². The molecule has 3 heterocycles. The fourth-order valence-electron chi connectivity index (χ4n) is 2.88. The molecule has 2 aromatic rings. The molecule has 1 aliphatic heterocycles. The molecule has 3 rings (SSSR count). The third-order valence-electron chi connectivity index (χ3n) is 4.33. The van der Waals surface area contributed by atoms with E-state index in [0.29, 0.717) is 44.2 Å². The van der Waals surface area contributed by atoms with Gasteiger partial charge in [-0.15, -0.1) is 0 Å². The van der Waals surface area contributed by atoms with Gasteiger partial charge in [0.2, 0.25) is 0 Å². The summed E-state index contributed by atoms with van der Waals surface area (Å²) in [4.78, 5) is 19.7. The lowest BCUT2D eigenvalue weighted by Crippen LogP contribution is -2.47. The zero-order valence-electron chi connectivity index (χ0n) is 14.3. The molecule has 0 unspecified atom stereocenters.